The number of ether oxygens (including phenoxy) is 1. The molecule has 9 heteroatoms. The molecule has 0 radical (unpaired) electrons. The van der Waals surface area contributed by atoms with Crippen LogP contribution in [0.25, 0.3) is 11.1 Å². The summed E-state index contributed by atoms with van der Waals surface area (Å²) in [5.41, 5.74) is 11.3. The average Bonchev–Trinajstić information content (AvgIpc) is 2.90. The lowest BCUT2D eigenvalue weighted by atomic mass is 9.94. The molecule has 1 aliphatic heterocycles. The van der Waals surface area contributed by atoms with E-state index < -0.39 is 5.91 Å². The van der Waals surface area contributed by atoms with Crippen LogP contribution in [-0.2, 0) is 0 Å². The number of hydrogen-bond acceptors (Lipinski definition) is 7. The number of anilines is 3. The van der Waals surface area contributed by atoms with Crippen molar-refractivity contribution in [1.82, 2.24) is 15.0 Å². The van der Waals surface area contributed by atoms with Gasteiger partial charge >= 0.3 is 0 Å². The van der Waals surface area contributed by atoms with E-state index in [0.717, 1.165) is 22.3 Å². The molecule has 9 nitrogen and oxygen atoms in total. The van der Waals surface area contributed by atoms with Gasteiger partial charge in [0.2, 0.25) is 11.8 Å². The molecule has 4 aromatic rings. The fourth-order valence-corrected chi connectivity index (χ4v) is 4.18. The van der Waals surface area contributed by atoms with Crippen molar-refractivity contribution in [3.63, 3.8) is 0 Å². The van der Waals surface area contributed by atoms with Crippen molar-refractivity contribution in [2.45, 2.75) is 13.8 Å². The fraction of sp³-hybridized carbons (Fsp3) is 0.148. The highest BCUT2D eigenvalue weighted by molar-refractivity contribution is 6.06. The third-order valence-corrected chi connectivity index (χ3v) is 6.21. The zero-order chi connectivity index (χ0) is 25.2. The number of carbonyl (C=O) groups excluding carboxylic acids is 2. The molecule has 180 valence electrons. The number of amides is 2. The molecular formula is C27H24N6O3. The molecule has 36 heavy (non-hydrogen) atoms. The second-order valence-electron chi connectivity index (χ2n) is 8.40. The first-order chi connectivity index (χ1) is 17.4. The summed E-state index contributed by atoms with van der Waals surface area (Å²) in [5, 5.41) is 3.24. The molecule has 0 aliphatic carbocycles. The molecule has 0 spiro atoms. The van der Waals surface area contributed by atoms with E-state index in [2.05, 4.69) is 20.3 Å². The number of aromatic nitrogens is 3. The highest BCUT2D eigenvalue weighted by Crippen LogP contribution is 2.34. The van der Waals surface area contributed by atoms with Crippen molar-refractivity contribution in [3.8, 4) is 17.0 Å². The van der Waals surface area contributed by atoms with Crippen LogP contribution in [0.4, 0.5) is 17.2 Å². The quantitative estimate of drug-likeness (QED) is 0.442. The van der Waals surface area contributed by atoms with E-state index in [-0.39, 0.29) is 5.91 Å². The van der Waals surface area contributed by atoms with Crippen LogP contribution >= 0.6 is 0 Å². The predicted molar refractivity (Wildman–Crippen MR) is 137 cm³/mol. The Bertz CT molecular complexity index is 1450. The molecule has 4 heterocycles. The third kappa shape index (κ3) is 4.34. The van der Waals surface area contributed by atoms with Gasteiger partial charge in [0.25, 0.3) is 5.91 Å². The SMILES string of the molecule is Cc1c(C(N)=O)ccc(-c2ccc(Nc3cnc4c(c3)N(C(=O)c3ccccn3)CCO4)nc2)c1C. The summed E-state index contributed by atoms with van der Waals surface area (Å²) in [6, 6.07) is 14.5. The number of nitrogens with one attached hydrogen (secondary N) is 1. The van der Waals surface area contributed by atoms with Crippen LogP contribution in [0, 0.1) is 13.8 Å². The highest BCUT2D eigenvalue weighted by Gasteiger charge is 2.27. The Labute approximate surface area is 208 Å². The number of pyridine rings is 3. The van der Waals surface area contributed by atoms with Crippen LogP contribution in [0.2, 0.25) is 0 Å². The minimum absolute atomic E-state index is 0.213. The minimum Gasteiger partial charge on any atom is -0.474 e. The van der Waals surface area contributed by atoms with Crippen molar-refractivity contribution in [3.05, 3.63) is 89.5 Å². The van der Waals surface area contributed by atoms with Gasteiger partial charge in [-0.05, 0) is 66.9 Å². The number of nitrogens with two attached hydrogens (primary N) is 1. The van der Waals surface area contributed by atoms with Gasteiger partial charge in [-0.25, -0.2) is 9.97 Å². The van der Waals surface area contributed by atoms with Crippen molar-refractivity contribution in [2.24, 2.45) is 5.73 Å². The maximum Gasteiger partial charge on any atom is 0.277 e. The maximum atomic E-state index is 13.0. The van der Waals surface area contributed by atoms with E-state index in [0.29, 0.717) is 47.5 Å². The molecule has 3 aromatic heterocycles. The van der Waals surface area contributed by atoms with Gasteiger partial charge in [0, 0.05) is 23.5 Å². The normalized spacial score (nSPS) is 12.4. The molecule has 2 amide bonds. The number of fused-ring (bicyclic) bond motifs is 1. The summed E-state index contributed by atoms with van der Waals surface area (Å²) in [4.78, 5) is 39.4. The standard InChI is InChI=1S/C27H24N6O3/c1-16-17(2)21(25(28)34)8-7-20(16)18-6-9-24(30-14-18)32-19-13-23-26(31-15-19)36-12-11-33(23)27(35)22-5-3-4-10-29-22/h3-10,13-15H,11-12H2,1-2H3,(H2,28,34)(H,30,32). The molecule has 1 aliphatic rings. The first-order valence-electron chi connectivity index (χ1n) is 11.4. The average molecular weight is 481 g/mol. The Kier molecular flexibility index (Phi) is 6.03. The molecular weight excluding hydrogens is 456 g/mol. The monoisotopic (exact) mass is 480 g/mol. The van der Waals surface area contributed by atoms with Gasteiger partial charge in [-0.2, -0.15) is 0 Å². The zero-order valence-electron chi connectivity index (χ0n) is 19.9. The van der Waals surface area contributed by atoms with Gasteiger partial charge in [-0.1, -0.05) is 12.1 Å². The smallest absolute Gasteiger partial charge is 0.277 e. The Hall–Kier alpha value is -4.79. The van der Waals surface area contributed by atoms with Crippen LogP contribution in [0.5, 0.6) is 5.88 Å². The van der Waals surface area contributed by atoms with E-state index in [1.807, 2.05) is 38.1 Å². The van der Waals surface area contributed by atoms with Crippen molar-refractivity contribution in [2.75, 3.05) is 23.4 Å². The topological polar surface area (TPSA) is 123 Å². The molecule has 0 fully saturated rings. The van der Waals surface area contributed by atoms with Gasteiger partial charge in [0.1, 0.15) is 23.8 Å². The Morgan fingerprint density at radius 1 is 1.00 bits per heavy atom. The first-order valence-corrected chi connectivity index (χ1v) is 11.4. The molecule has 0 atom stereocenters. The molecule has 0 unspecified atom stereocenters. The summed E-state index contributed by atoms with van der Waals surface area (Å²) < 4.78 is 5.66. The lowest BCUT2D eigenvalue weighted by Gasteiger charge is -2.28. The Morgan fingerprint density at radius 2 is 1.86 bits per heavy atom. The first kappa shape index (κ1) is 23.0. The predicted octanol–water partition coefficient (Wildman–Crippen LogP) is 4.04. The van der Waals surface area contributed by atoms with Crippen LogP contribution in [-0.4, -0.2) is 39.9 Å². The van der Waals surface area contributed by atoms with E-state index in [1.165, 1.54) is 0 Å². The number of rotatable bonds is 5. The summed E-state index contributed by atoms with van der Waals surface area (Å²) in [7, 11) is 0. The Balaban J connectivity index is 1.38. The number of nitrogens with zero attached hydrogens (tertiary/aromatic N) is 4. The van der Waals surface area contributed by atoms with Gasteiger partial charge < -0.3 is 15.8 Å². The van der Waals surface area contributed by atoms with Crippen LogP contribution in [0.3, 0.4) is 0 Å². The second kappa shape index (κ2) is 9.46. The lowest BCUT2D eigenvalue weighted by molar-refractivity contribution is 0.0969. The molecule has 5 rings (SSSR count). The maximum absolute atomic E-state index is 13.0. The summed E-state index contributed by atoms with van der Waals surface area (Å²) >= 11 is 0. The largest absolute Gasteiger partial charge is 0.474 e. The number of carbonyl (C=O) groups is 2. The van der Waals surface area contributed by atoms with E-state index in [4.69, 9.17) is 10.5 Å². The van der Waals surface area contributed by atoms with Gasteiger partial charge in [-0.3, -0.25) is 19.5 Å². The molecule has 0 saturated heterocycles. The minimum atomic E-state index is -0.441. The summed E-state index contributed by atoms with van der Waals surface area (Å²) in [6.07, 6.45) is 4.99. The van der Waals surface area contributed by atoms with Crippen LogP contribution in [0.15, 0.2) is 67.1 Å². The summed E-state index contributed by atoms with van der Waals surface area (Å²) in [5.74, 6) is 0.353. The van der Waals surface area contributed by atoms with Crippen molar-refractivity contribution >= 4 is 29.0 Å². The van der Waals surface area contributed by atoms with E-state index in [9.17, 15) is 9.59 Å². The lowest BCUT2D eigenvalue weighted by Crippen LogP contribution is -2.38. The van der Waals surface area contributed by atoms with Gasteiger partial charge in [0.15, 0.2) is 0 Å². The zero-order valence-corrected chi connectivity index (χ0v) is 19.9. The summed E-state index contributed by atoms with van der Waals surface area (Å²) in [6.45, 7) is 4.60. The Morgan fingerprint density at radius 3 is 2.58 bits per heavy atom. The number of benzene rings is 1. The number of primary amides is 1. The van der Waals surface area contributed by atoms with Crippen molar-refractivity contribution < 1.29 is 14.3 Å². The van der Waals surface area contributed by atoms with Gasteiger partial charge in [0.05, 0.1) is 18.4 Å². The van der Waals surface area contributed by atoms with Crippen LogP contribution in [0.1, 0.15) is 32.0 Å². The molecule has 3 N–H and O–H groups in total. The van der Waals surface area contributed by atoms with Gasteiger partial charge in [-0.15, -0.1) is 0 Å². The highest BCUT2D eigenvalue weighted by atomic mass is 16.5. The second-order valence-corrected chi connectivity index (χ2v) is 8.40. The fourth-order valence-electron chi connectivity index (χ4n) is 4.18. The molecule has 0 saturated carbocycles. The van der Waals surface area contributed by atoms with E-state index in [1.54, 1.807) is 47.8 Å². The molecule has 0 bridgehead atoms. The third-order valence-electron chi connectivity index (χ3n) is 6.21. The number of hydrogen-bond donors (Lipinski definition) is 2. The van der Waals surface area contributed by atoms with Crippen molar-refractivity contribution in [1.29, 1.82) is 0 Å². The van der Waals surface area contributed by atoms with E-state index >= 15 is 0 Å². The van der Waals surface area contributed by atoms with Crippen LogP contribution < -0.4 is 20.7 Å². The molecule has 1 aromatic carbocycles.